The van der Waals surface area contributed by atoms with Gasteiger partial charge in [0.1, 0.15) is 6.54 Å². The number of likely N-dealkylation sites (N-methyl/N-ethyl adjacent to an activating group) is 1. The van der Waals surface area contributed by atoms with Gasteiger partial charge in [0, 0.05) is 25.5 Å². The molecule has 0 aliphatic carbocycles. The summed E-state index contributed by atoms with van der Waals surface area (Å²) in [6, 6.07) is 1.47. The molecule has 0 amide bonds. The van der Waals surface area contributed by atoms with Gasteiger partial charge in [-0.2, -0.15) is 40.8 Å². The normalized spacial score (nSPS) is 12.7. The van der Waals surface area contributed by atoms with E-state index >= 15 is 0 Å². The number of ether oxygens (including phenoxy) is 1. The Hall–Kier alpha value is -2.45. The van der Waals surface area contributed by atoms with Crippen molar-refractivity contribution in [2.75, 3.05) is 25.1 Å². The number of esters is 1. The lowest BCUT2D eigenvalue weighted by Gasteiger charge is -2.27. The molecule has 0 aromatic carbocycles. The van der Waals surface area contributed by atoms with E-state index in [2.05, 4.69) is 35.7 Å². The van der Waals surface area contributed by atoms with Crippen LogP contribution in [0.1, 0.15) is 0 Å². The fraction of sp³-hybridized carbons (Fsp3) is 0.429. The van der Waals surface area contributed by atoms with E-state index in [0.29, 0.717) is 4.47 Å². The zero-order chi connectivity index (χ0) is 22.0. The first-order chi connectivity index (χ1) is 13.2. The van der Waals surface area contributed by atoms with Gasteiger partial charge in [-0.05, 0) is 15.9 Å². The first kappa shape index (κ1) is 22.8. The Morgan fingerprint density at radius 3 is 2.45 bits per heavy atom. The standard InChI is InChI=1S/C14H11BrF7N5O2/c1-26(11-23-3-2-9(25-11)27-5-8(15)4-24-27)6-10(28)29-7-12(16,17)13(18,19)14(20,21)22/h2-5H,6-7H2,1H3. The molecule has 0 saturated heterocycles. The van der Waals surface area contributed by atoms with E-state index in [9.17, 15) is 35.5 Å². The van der Waals surface area contributed by atoms with Crippen molar-refractivity contribution in [2.45, 2.75) is 18.0 Å². The van der Waals surface area contributed by atoms with Crippen LogP contribution >= 0.6 is 15.9 Å². The third kappa shape index (κ3) is 5.13. The summed E-state index contributed by atoms with van der Waals surface area (Å²) in [7, 11) is 1.25. The molecule has 29 heavy (non-hydrogen) atoms. The molecule has 0 spiro atoms. The Morgan fingerprint density at radius 2 is 1.90 bits per heavy atom. The molecule has 15 heteroatoms. The van der Waals surface area contributed by atoms with E-state index in [1.165, 1.54) is 30.2 Å². The topological polar surface area (TPSA) is 73.1 Å². The van der Waals surface area contributed by atoms with Gasteiger partial charge in [0.05, 0.1) is 10.7 Å². The minimum absolute atomic E-state index is 0.0848. The summed E-state index contributed by atoms with van der Waals surface area (Å²) in [6.45, 7) is -3.24. The van der Waals surface area contributed by atoms with Gasteiger partial charge in [-0.15, -0.1) is 0 Å². The molecular weight excluding hydrogens is 483 g/mol. The number of aromatic nitrogens is 4. The van der Waals surface area contributed by atoms with Crippen molar-refractivity contribution < 1.29 is 40.3 Å². The molecule has 2 aromatic rings. The second kappa shape index (κ2) is 8.12. The first-order valence-electron chi connectivity index (χ1n) is 7.47. The Balaban J connectivity index is 2.01. The average Bonchev–Trinajstić information content (AvgIpc) is 3.05. The van der Waals surface area contributed by atoms with Crippen LogP contribution in [0.25, 0.3) is 5.82 Å². The number of nitrogens with zero attached hydrogens (tertiary/aromatic N) is 5. The van der Waals surface area contributed by atoms with E-state index in [4.69, 9.17) is 0 Å². The van der Waals surface area contributed by atoms with Crippen LogP contribution in [0.4, 0.5) is 36.7 Å². The van der Waals surface area contributed by atoms with Crippen LogP contribution in [0, 0.1) is 0 Å². The second-order valence-corrected chi connectivity index (χ2v) is 6.53. The maximum atomic E-state index is 13.2. The molecule has 0 fully saturated rings. The van der Waals surface area contributed by atoms with Crippen molar-refractivity contribution in [3.05, 3.63) is 29.1 Å². The lowest BCUT2D eigenvalue weighted by Crippen LogP contribution is -2.54. The SMILES string of the molecule is CN(CC(=O)OCC(F)(F)C(F)(F)C(F)(F)F)c1nccc(-n2cc(Br)cn2)n1. The molecule has 0 unspecified atom stereocenters. The van der Waals surface area contributed by atoms with E-state index in [-0.39, 0.29) is 11.8 Å². The zero-order valence-electron chi connectivity index (χ0n) is 14.3. The first-order valence-corrected chi connectivity index (χ1v) is 8.26. The number of rotatable bonds is 7. The number of carbonyl (C=O) groups excluding carboxylic acids is 1. The highest BCUT2D eigenvalue weighted by molar-refractivity contribution is 9.10. The number of alkyl halides is 7. The van der Waals surface area contributed by atoms with E-state index in [1.54, 1.807) is 6.20 Å². The number of halogens is 8. The van der Waals surface area contributed by atoms with Gasteiger partial charge in [0.25, 0.3) is 0 Å². The number of hydrogen-bond donors (Lipinski definition) is 0. The minimum Gasteiger partial charge on any atom is -0.458 e. The molecule has 2 heterocycles. The predicted octanol–water partition coefficient (Wildman–Crippen LogP) is 3.24. The molecule has 0 atom stereocenters. The maximum absolute atomic E-state index is 13.2. The van der Waals surface area contributed by atoms with Crippen molar-refractivity contribution >= 4 is 27.8 Å². The Bertz CT molecular complexity index is 874. The van der Waals surface area contributed by atoms with Gasteiger partial charge >= 0.3 is 24.0 Å². The van der Waals surface area contributed by atoms with Gasteiger partial charge in [-0.25, -0.2) is 9.67 Å². The van der Waals surface area contributed by atoms with Crippen molar-refractivity contribution in [2.24, 2.45) is 0 Å². The largest absolute Gasteiger partial charge is 0.460 e. The van der Waals surface area contributed by atoms with Gasteiger partial charge in [-0.3, -0.25) is 4.79 Å². The van der Waals surface area contributed by atoms with Crippen molar-refractivity contribution in [3.8, 4) is 5.82 Å². The zero-order valence-corrected chi connectivity index (χ0v) is 15.9. The highest BCUT2D eigenvalue weighted by Crippen LogP contribution is 2.46. The minimum atomic E-state index is -6.50. The van der Waals surface area contributed by atoms with E-state index in [1.807, 2.05) is 0 Å². The molecule has 0 radical (unpaired) electrons. The smallest absolute Gasteiger partial charge is 0.458 e. The van der Waals surface area contributed by atoms with E-state index < -0.39 is 37.1 Å². The fourth-order valence-corrected chi connectivity index (χ4v) is 2.14. The molecule has 160 valence electrons. The Kier molecular flexibility index (Phi) is 6.39. The lowest BCUT2D eigenvalue weighted by atomic mass is 10.2. The van der Waals surface area contributed by atoms with Crippen LogP contribution in [-0.2, 0) is 9.53 Å². The van der Waals surface area contributed by atoms with Crippen LogP contribution in [0.5, 0.6) is 0 Å². The van der Waals surface area contributed by atoms with Crippen molar-refractivity contribution in [1.29, 1.82) is 0 Å². The molecule has 0 saturated carbocycles. The summed E-state index contributed by atoms with van der Waals surface area (Å²) in [5.41, 5.74) is 0. The average molecular weight is 494 g/mol. The van der Waals surface area contributed by atoms with Crippen LogP contribution < -0.4 is 4.90 Å². The summed E-state index contributed by atoms with van der Waals surface area (Å²) in [5, 5.41) is 3.97. The molecule has 0 bridgehead atoms. The lowest BCUT2D eigenvalue weighted by molar-refractivity contribution is -0.359. The molecule has 0 N–H and O–H groups in total. The maximum Gasteiger partial charge on any atom is 0.460 e. The molecular formula is C14H11BrF7N5O2. The van der Waals surface area contributed by atoms with Crippen LogP contribution in [0.2, 0.25) is 0 Å². The summed E-state index contributed by atoms with van der Waals surface area (Å²) >= 11 is 3.19. The summed E-state index contributed by atoms with van der Waals surface area (Å²) < 4.78 is 94.0. The Morgan fingerprint density at radius 1 is 1.24 bits per heavy atom. The molecule has 2 aromatic heterocycles. The van der Waals surface area contributed by atoms with Crippen LogP contribution in [0.15, 0.2) is 29.1 Å². The highest BCUT2D eigenvalue weighted by atomic mass is 79.9. The molecule has 7 nitrogen and oxygen atoms in total. The fourth-order valence-electron chi connectivity index (χ4n) is 1.86. The van der Waals surface area contributed by atoms with Crippen LogP contribution in [0.3, 0.4) is 0 Å². The summed E-state index contributed by atoms with van der Waals surface area (Å²) in [4.78, 5) is 20.5. The summed E-state index contributed by atoms with van der Waals surface area (Å²) in [6.07, 6.45) is -2.17. The monoisotopic (exact) mass is 493 g/mol. The quantitative estimate of drug-likeness (QED) is 0.435. The third-order valence-corrected chi connectivity index (χ3v) is 3.76. The third-order valence-electron chi connectivity index (χ3n) is 3.35. The predicted molar refractivity (Wildman–Crippen MR) is 87.0 cm³/mol. The van der Waals surface area contributed by atoms with Gasteiger partial charge in [0.15, 0.2) is 12.4 Å². The van der Waals surface area contributed by atoms with Crippen LogP contribution in [-0.4, -0.2) is 63.9 Å². The number of carbonyl (C=O) groups is 1. The Labute approximate surface area is 166 Å². The molecule has 0 aliphatic rings. The van der Waals surface area contributed by atoms with Gasteiger partial charge < -0.3 is 9.64 Å². The number of anilines is 1. The van der Waals surface area contributed by atoms with Gasteiger partial charge in [-0.1, -0.05) is 0 Å². The molecule has 2 rings (SSSR count). The van der Waals surface area contributed by atoms with E-state index in [0.717, 1.165) is 4.90 Å². The summed E-state index contributed by atoms with van der Waals surface area (Å²) in [5.74, 6) is -13.3. The second-order valence-electron chi connectivity index (χ2n) is 5.61. The van der Waals surface area contributed by atoms with Crippen molar-refractivity contribution in [3.63, 3.8) is 0 Å². The van der Waals surface area contributed by atoms with Crippen molar-refractivity contribution in [1.82, 2.24) is 19.7 Å². The molecule has 0 aliphatic heterocycles. The number of hydrogen-bond acceptors (Lipinski definition) is 6. The highest BCUT2D eigenvalue weighted by Gasteiger charge is 2.73. The van der Waals surface area contributed by atoms with Gasteiger partial charge in [0.2, 0.25) is 5.95 Å².